The van der Waals surface area contributed by atoms with Crippen LogP contribution in [0.15, 0.2) is 22.7 Å². The summed E-state index contributed by atoms with van der Waals surface area (Å²) in [6, 6.07) is 4.85. The van der Waals surface area contributed by atoms with E-state index in [9.17, 15) is 9.18 Å². The highest BCUT2D eigenvalue weighted by Gasteiger charge is 2.24. The summed E-state index contributed by atoms with van der Waals surface area (Å²) in [5.41, 5.74) is 0.153. The van der Waals surface area contributed by atoms with Gasteiger partial charge in [0.05, 0.1) is 10.0 Å². The summed E-state index contributed by atoms with van der Waals surface area (Å²) in [5.74, 6) is 0.0162. The zero-order chi connectivity index (χ0) is 15.4. The minimum Gasteiger partial charge on any atom is -0.336 e. The average molecular weight is 357 g/mol. The van der Waals surface area contributed by atoms with Gasteiger partial charge in [-0.1, -0.05) is 19.9 Å². The molecule has 3 nitrogen and oxygen atoms in total. The Morgan fingerprint density at radius 2 is 1.95 bits per heavy atom. The fraction of sp³-hybridized carbons (Fsp3) is 0.562. The summed E-state index contributed by atoms with van der Waals surface area (Å²) in [4.78, 5) is 16.5. The number of halogens is 2. The van der Waals surface area contributed by atoms with E-state index in [0.717, 1.165) is 19.6 Å². The highest BCUT2D eigenvalue weighted by Crippen LogP contribution is 2.20. The number of amides is 1. The highest BCUT2D eigenvalue weighted by atomic mass is 79.9. The lowest BCUT2D eigenvalue weighted by Gasteiger charge is -2.35. The molecule has 0 N–H and O–H groups in total. The maximum atomic E-state index is 14.0. The lowest BCUT2D eigenvalue weighted by Crippen LogP contribution is -2.49. The fourth-order valence-electron chi connectivity index (χ4n) is 2.45. The summed E-state index contributed by atoms with van der Waals surface area (Å²) in [7, 11) is 0. The van der Waals surface area contributed by atoms with Crippen LogP contribution in [0.25, 0.3) is 0 Å². The van der Waals surface area contributed by atoms with Crippen molar-refractivity contribution in [3.63, 3.8) is 0 Å². The molecule has 1 heterocycles. The lowest BCUT2D eigenvalue weighted by molar-refractivity contribution is 0.0627. The SMILES string of the molecule is CC(C)CCN1CCN(C(=O)c2cccc(Br)c2F)CC1. The van der Waals surface area contributed by atoms with E-state index in [-0.39, 0.29) is 11.5 Å². The smallest absolute Gasteiger partial charge is 0.256 e. The van der Waals surface area contributed by atoms with E-state index >= 15 is 0 Å². The van der Waals surface area contributed by atoms with Gasteiger partial charge < -0.3 is 4.90 Å². The molecule has 0 radical (unpaired) electrons. The maximum Gasteiger partial charge on any atom is 0.256 e. The predicted octanol–water partition coefficient (Wildman–Crippen LogP) is 3.39. The third kappa shape index (κ3) is 4.27. The molecule has 1 aromatic rings. The quantitative estimate of drug-likeness (QED) is 0.825. The van der Waals surface area contributed by atoms with Crippen LogP contribution in [0.4, 0.5) is 4.39 Å². The van der Waals surface area contributed by atoms with Crippen molar-refractivity contribution >= 4 is 21.8 Å². The first-order chi connectivity index (χ1) is 9.99. The molecule has 116 valence electrons. The largest absolute Gasteiger partial charge is 0.336 e. The Balaban J connectivity index is 1.93. The number of carbonyl (C=O) groups excluding carboxylic acids is 1. The Bertz CT molecular complexity index is 499. The van der Waals surface area contributed by atoms with Crippen LogP contribution in [-0.4, -0.2) is 48.4 Å². The van der Waals surface area contributed by atoms with Gasteiger partial charge in [-0.05, 0) is 46.9 Å². The van der Waals surface area contributed by atoms with E-state index in [0.29, 0.717) is 23.5 Å². The Kier molecular flexibility index (Phi) is 5.76. The first-order valence-electron chi connectivity index (χ1n) is 7.44. The molecule has 0 aliphatic carbocycles. The lowest BCUT2D eigenvalue weighted by atomic mass is 10.1. The summed E-state index contributed by atoms with van der Waals surface area (Å²) in [6.45, 7) is 8.59. The molecule has 1 aliphatic rings. The fourth-order valence-corrected chi connectivity index (χ4v) is 2.82. The molecule has 1 aromatic carbocycles. The molecular weight excluding hydrogens is 335 g/mol. The summed E-state index contributed by atoms with van der Waals surface area (Å²) in [6.07, 6.45) is 1.17. The van der Waals surface area contributed by atoms with Crippen LogP contribution in [0.2, 0.25) is 0 Å². The standard InChI is InChI=1S/C16H22BrFN2O/c1-12(2)6-7-19-8-10-20(11-9-19)16(21)13-4-3-5-14(17)15(13)18/h3-5,12H,6-11H2,1-2H3. The molecule has 0 spiro atoms. The summed E-state index contributed by atoms with van der Waals surface area (Å²) in [5, 5.41) is 0. The van der Waals surface area contributed by atoms with Crippen LogP contribution < -0.4 is 0 Å². The predicted molar refractivity (Wildman–Crippen MR) is 85.9 cm³/mol. The molecular formula is C16H22BrFN2O. The van der Waals surface area contributed by atoms with Crippen molar-refractivity contribution < 1.29 is 9.18 Å². The second-order valence-electron chi connectivity index (χ2n) is 5.92. The van der Waals surface area contributed by atoms with Gasteiger partial charge in [-0.3, -0.25) is 9.69 Å². The van der Waals surface area contributed by atoms with Crippen LogP contribution >= 0.6 is 15.9 Å². The van der Waals surface area contributed by atoms with Crippen molar-refractivity contribution in [1.82, 2.24) is 9.80 Å². The number of hydrogen-bond acceptors (Lipinski definition) is 2. The first kappa shape index (κ1) is 16.4. The van der Waals surface area contributed by atoms with Gasteiger partial charge >= 0.3 is 0 Å². The number of hydrogen-bond donors (Lipinski definition) is 0. The van der Waals surface area contributed by atoms with Crippen LogP contribution in [0.3, 0.4) is 0 Å². The number of benzene rings is 1. The van der Waals surface area contributed by atoms with Gasteiger partial charge in [-0.2, -0.15) is 0 Å². The molecule has 1 aliphatic heterocycles. The Hall–Kier alpha value is -0.940. The highest BCUT2D eigenvalue weighted by molar-refractivity contribution is 9.10. The number of piperazine rings is 1. The normalized spacial score (nSPS) is 16.5. The van der Waals surface area contributed by atoms with E-state index < -0.39 is 5.82 Å². The minimum atomic E-state index is -0.468. The van der Waals surface area contributed by atoms with Crippen molar-refractivity contribution in [2.45, 2.75) is 20.3 Å². The third-order valence-corrected chi connectivity index (χ3v) is 4.48. The molecule has 0 bridgehead atoms. The molecule has 2 rings (SSSR count). The van der Waals surface area contributed by atoms with Crippen LogP contribution in [0.1, 0.15) is 30.6 Å². The van der Waals surface area contributed by atoms with Crippen LogP contribution in [0, 0.1) is 11.7 Å². The van der Waals surface area contributed by atoms with Crippen molar-refractivity contribution in [1.29, 1.82) is 0 Å². The summed E-state index contributed by atoms with van der Waals surface area (Å²) >= 11 is 3.13. The maximum absolute atomic E-state index is 14.0. The Morgan fingerprint density at radius 3 is 2.57 bits per heavy atom. The second kappa shape index (κ2) is 7.36. The van der Waals surface area contributed by atoms with Crippen molar-refractivity contribution in [3.05, 3.63) is 34.1 Å². The van der Waals surface area contributed by atoms with E-state index in [2.05, 4.69) is 34.7 Å². The zero-order valence-corrected chi connectivity index (χ0v) is 14.2. The van der Waals surface area contributed by atoms with Gasteiger partial charge in [0.2, 0.25) is 0 Å². The Labute approximate surface area is 134 Å². The molecule has 21 heavy (non-hydrogen) atoms. The van der Waals surface area contributed by atoms with Crippen LogP contribution in [-0.2, 0) is 0 Å². The van der Waals surface area contributed by atoms with Gasteiger partial charge in [0.1, 0.15) is 5.82 Å². The average Bonchev–Trinajstić information content (AvgIpc) is 2.48. The first-order valence-corrected chi connectivity index (χ1v) is 8.24. The summed E-state index contributed by atoms with van der Waals surface area (Å²) < 4.78 is 14.3. The number of nitrogens with zero attached hydrogens (tertiary/aromatic N) is 2. The molecule has 0 unspecified atom stereocenters. The van der Waals surface area contributed by atoms with Crippen molar-refractivity contribution in [2.75, 3.05) is 32.7 Å². The van der Waals surface area contributed by atoms with Gasteiger partial charge in [-0.15, -0.1) is 0 Å². The number of carbonyl (C=O) groups is 1. The zero-order valence-electron chi connectivity index (χ0n) is 12.6. The Morgan fingerprint density at radius 1 is 1.29 bits per heavy atom. The van der Waals surface area contributed by atoms with Gasteiger partial charge in [0, 0.05) is 26.2 Å². The van der Waals surface area contributed by atoms with Crippen molar-refractivity contribution in [2.24, 2.45) is 5.92 Å². The monoisotopic (exact) mass is 356 g/mol. The topological polar surface area (TPSA) is 23.6 Å². The molecule has 0 atom stereocenters. The molecule has 0 saturated carbocycles. The molecule has 1 fully saturated rings. The molecule has 1 saturated heterocycles. The van der Waals surface area contributed by atoms with E-state index in [1.807, 2.05) is 0 Å². The molecule has 0 aromatic heterocycles. The minimum absolute atomic E-state index is 0.153. The second-order valence-corrected chi connectivity index (χ2v) is 6.77. The molecule has 5 heteroatoms. The van der Waals surface area contributed by atoms with E-state index in [1.165, 1.54) is 6.42 Å². The van der Waals surface area contributed by atoms with Gasteiger partial charge in [0.15, 0.2) is 0 Å². The van der Waals surface area contributed by atoms with E-state index in [4.69, 9.17) is 0 Å². The van der Waals surface area contributed by atoms with Crippen molar-refractivity contribution in [3.8, 4) is 0 Å². The van der Waals surface area contributed by atoms with Gasteiger partial charge in [-0.25, -0.2) is 4.39 Å². The third-order valence-electron chi connectivity index (χ3n) is 3.86. The van der Waals surface area contributed by atoms with E-state index in [1.54, 1.807) is 23.1 Å². The number of rotatable bonds is 4. The molecule has 1 amide bonds. The van der Waals surface area contributed by atoms with Gasteiger partial charge in [0.25, 0.3) is 5.91 Å². The van der Waals surface area contributed by atoms with Crippen LogP contribution in [0.5, 0.6) is 0 Å².